The lowest BCUT2D eigenvalue weighted by Gasteiger charge is -2.25. The molecule has 104 valence electrons. The van der Waals surface area contributed by atoms with Crippen LogP contribution in [0.3, 0.4) is 0 Å². The van der Waals surface area contributed by atoms with E-state index < -0.39 is 0 Å². The number of carbonyl (C=O) groups is 1. The molecular formula is C15H21NO2S. The molecule has 1 aromatic carbocycles. The van der Waals surface area contributed by atoms with E-state index in [9.17, 15) is 4.79 Å². The van der Waals surface area contributed by atoms with Crippen LogP contribution in [0.4, 0.5) is 0 Å². The van der Waals surface area contributed by atoms with Gasteiger partial charge in [0.05, 0.1) is 7.11 Å². The maximum absolute atomic E-state index is 12.0. The highest BCUT2D eigenvalue weighted by molar-refractivity contribution is 7.81. The molecule has 2 rings (SSSR count). The second-order valence-electron chi connectivity index (χ2n) is 5.68. The minimum absolute atomic E-state index is 0.107. The van der Waals surface area contributed by atoms with Crippen LogP contribution in [0, 0.1) is 5.92 Å². The van der Waals surface area contributed by atoms with Crippen LogP contribution in [0.15, 0.2) is 24.3 Å². The average molecular weight is 279 g/mol. The van der Waals surface area contributed by atoms with Gasteiger partial charge >= 0.3 is 0 Å². The molecule has 0 N–H and O–H groups in total. The number of rotatable bonds is 4. The topological polar surface area (TPSA) is 29.5 Å². The third-order valence-electron chi connectivity index (χ3n) is 3.75. The number of carbonyl (C=O) groups excluding carboxylic acids is 1. The molecule has 1 aromatic rings. The Hall–Kier alpha value is -1.16. The van der Waals surface area contributed by atoms with Crippen LogP contribution in [0.25, 0.3) is 0 Å². The van der Waals surface area contributed by atoms with Gasteiger partial charge in [-0.25, -0.2) is 0 Å². The highest BCUT2D eigenvalue weighted by atomic mass is 32.1. The van der Waals surface area contributed by atoms with E-state index in [2.05, 4.69) is 26.5 Å². The molecule has 1 atom stereocenters. The molecule has 0 saturated carbocycles. The molecule has 3 nitrogen and oxygen atoms in total. The predicted octanol–water partition coefficient (Wildman–Crippen LogP) is 2.75. The molecular weight excluding hydrogens is 258 g/mol. The largest absolute Gasteiger partial charge is 0.497 e. The SMILES string of the molecule is COc1ccc(CN2C[C@H](C(C)(C)S)CC2=O)cc1. The van der Waals surface area contributed by atoms with Gasteiger partial charge < -0.3 is 9.64 Å². The van der Waals surface area contributed by atoms with E-state index in [4.69, 9.17) is 4.74 Å². The van der Waals surface area contributed by atoms with Crippen molar-refractivity contribution in [3.63, 3.8) is 0 Å². The average Bonchev–Trinajstić information content (AvgIpc) is 2.72. The monoisotopic (exact) mass is 279 g/mol. The molecule has 0 radical (unpaired) electrons. The number of benzene rings is 1. The van der Waals surface area contributed by atoms with Crippen molar-refractivity contribution in [2.75, 3.05) is 13.7 Å². The van der Waals surface area contributed by atoms with Crippen LogP contribution in [-0.2, 0) is 11.3 Å². The van der Waals surface area contributed by atoms with Crippen LogP contribution in [-0.4, -0.2) is 29.2 Å². The molecule has 1 amide bonds. The summed E-state index contributed by atoms with van der Waals surface area (Å²) in [6, 6.07) is 7.86. The minimum atomic E-state index is -0.107. The van der Waals surface area contributed by atoms with Crippen LogP contribution in [0.5, 0.6) is 5.75 Å². The van der Waals surface area contributed by atoms with E-state index in [1.165, 1.54) is 0 Å². The van der Waals surface area contributed by atoms with Gasteiger partial charge in [-0.2, -0.15) is 12.6 Å². The first-order chi connectivity index (χ1) is 8.90. The number of hydrogen-bond acceptors (Lipinski definition) is 3. The molecule has 0 aliphatic carbocycles. The molecule has 0 bridgehead atoms. The summed E-state index contributed by atoms with van der Waals surface area (Å²) < 4.78 is 5.02. The number of methoxy groups -OCH3 is 1. The van der Waals surface area contributed by atoms with E-state index in [-0.39, 0.29) is 10.7 Å². The summed E-state index contributed by atoms with van der Waals surface area (Å²) in [4.78, 5) is 13.9. The molecule has 1 aliphatic rings. The first kappa shape index (κ1) is 14.3. The zero-order valence-electron chi connectivity index (χ0n) is 11.7. The van der Waals surface area contributed by atoms with Gasteiger partial charge in [0.15, 0.2) is 0 Å². The summed E-state index contributed by atoms with van der Waals surface area (Å²) in [5, 5.41) is 0. The Kier molecular flexibility index (Phi) is 4.09. The van der Waals surface area contributed by atoms with Gasteiger partial charge in [-0.05, 0) is 23.6 Å². The normalized spacial score (nSPS) is 19.9. The molecule has 0 spiro atoms. The van der Waals surface area contributed by atoms with E-state index in [1.807, 2.05) is 29.2 Å². The molecule has 1 saturated heterocycles. The number of nitrogens with zero attached hydrogens (tertiary/aromatic N) is 1. The zero-order chi connectivity index (χ0) is 14.0. The van der Waals surface area contributed by atoms with Crippen molar-refractivity contribution >= 4 is 18.5 Å². The Bertz CT molecular complexity index is 450. The van der Waals surface area contributed by atoms with Gasteiger partial charge in [0.25, 0.3) is 0 Å². The number of amides is 1. The molecule has 19 heavy (non-hydrogen) atoms. The number of ether oxygens (including phenoxy) is 1. The van der Waals surface area contributed by atoms with E-state index >= 15 is 0 Å². The lowest BCUT2D eigenvalue weighted by atomic mass is 9.94. The predicted molar refractivity (Wildman–Crippen MR) is 79.6 cm³/mol. The smallest absolute Gasteiger partial charge is 0.223 e. The minimum Gasteiger partial charge on any atom is -0.497 e. The summed E-state index contributed by atoms with van der Waals surface area (Å²) in [6.07, 6.45) is 0.604. The van der Waals surface area contributed by atoms with E-state index in [1.54, 1.807) is 7.11 Å². The van der Waals surface area contributed by atoms with Crippen molar-refractivity contribution < 1.29 is 9.53 Å². The number of hydrogen-bond donors (Lipinski definition) is 1. The maximum atomic E-state index is 12.0. The zero-order valence-corrected chi connectivity index (χ0v) is 12.6. The van der Waals surface area contributed by atoms with Crippen molar-refractivity contribution in [3.8, 4) is 5.75 Å². The van der Waals surface area contributed by atoms with Gasteiger partial charge in [-0.1, -0.05) is 26.0 Å². The van der Waals surface area contributed by atoms with Crippen molar-refractivity contribution in [2.45, 2.75) is 31.6 Å². The van der Waals surface area contributed by atoms with Crippen LogP contribution < -0.4 is 4.74 Å². The van der Waals surface area contributed by atoms with Crippen molar-refractivity contribution in [3.05, 3.63) is 29.8 Å². The molecule has 1 fully saturated rings. The fraction of sp³-hybridized carbons (Fsp3) is 0.533. The summed E-state index contributed by atoms with van der Waals surface area (Å²) in [7, 11) is 1.65. The third kappa shape index (κ3) is 3.44. The maximum Gasteiger partial charge on any atom is 0.223 e. The second-order valence-corrected chi connectivity index (χ2v) is 6.83. The number of thiol groups is 1. The highest BCUT2D eigenvalue weighted by Gasteiger charge is 2.37. The molecule has 4 heteroatoms. The molecule has 1 heterocycles. The molecule has 1 aliphatic heterocycles. The summed E-state index contributed by atoms with van der Waals surface area (Å²) in [5.41, 5.74) is 1.13. The fourth-order valence-electron chi connectivity index (χ4n) is 2.35. The van der Waals surface area contributed by atoms with Crippen LogP contribution in [0.1, 0.15) is 25.8 Å². The molecule has 0 unspecified atom stereocenters. The van der Waals surface area contributed by atoms with Gasteiger partial charge in [0.2, 0.25) is 5.91 Å². The van der Waals surface area contributed by atoms with Gasteiger partial charge in [0.1, 0.15) is 5.75 Å². The highest BCUT2D eigenvalue weighted by Crippen LogP contribution is 2.33. The lowest BCUT2D eigenvalue weighted by molar-refractivity contribution is -0.128. The van der Waals surface area contributed by atoms with Gasteiger partial charge in [-0.3, -0.25) is 4.79 Å². The summed E-state index contributed by atoms with van der Waals surface area (Å²) in [6.45, 7) is 5.61. The quantitative estimate of drug-likeness (QED) is 0.859. The Labute approximate surface area is 120 Å². The van der Waals surface area contributed by atoms with Crippen molar-refractivity contribution in [1.82, 2.24) is 4.90 Å². The summed E-state index contributed by atoms with van der Waals surface area (Å²) in [5.74, 6) is 1.38. The van der Waals surface area contributed by atoms with E-state index in [0.29, 0.717) is 18.9 Å². The van der Waals surface area contributed by atoms with E-state index in [0.717, 1.165) is 17.9 Å². The Morgan fingerprint density at radius 3 is 2.47 bits per heavy atom. The lowest BCUT2D eigenvalue weighted by Crippen LogP contribution is -2.29. The first-order valence-corrected chi connectivity index (χ1v) is 6.98. The fourth-order valence-corrected chi connectivity index (χ4v) is 2.52. The van der Waals surface area contributed by atoms with Gasteiger partial charge in [-0.15, -0.1) is 0 Å². The van der Waals surface area contributed by atoms with Crippen molar-refractivity contribution in [1.29, 1.82) is 0 Å². The van der Waals surface area contributed by atoms with Crippen LogP contribution >= 0.6 is 12.6 Å². The number of likely N-dealkylation sites (tertiary alicyclic amines) is 1. The Morgan fingerprint density at radius 1 is 1.37 bits per heavy atom. The molecule has 0 aromatic heterocycles. The van der Waals surface area contributed by atoms with Crippen LogP contribution in [0.2, 0.25) is 0 Å². The van der Waals surface area contributed by atoms with Gasteiger partial charge in [0, 0.05) is 24.3 Å². The standard InChI is InChI=1S/C15H21NO2S/c1-15(2,19)12-8-14(17)16(10-12)9-11-4-6-13(18-3)7-5-11/h4-7,12,19H,8-10H2,1-3H3/t12-/m1/s1. The Morgan fingerprint density at radius 2 is 2.00 bits per heavy atom. The second kappa shape index (κ2) is 5.45. The van der Waals surface area contributed by atoms with Crippen molar-refractivity contribution in [2.24, 2.45) is 5.92 Å². The summed E-state index contributed by atoms with van der Waals surface area (Å²) >= 11 is 4.59. The Balaban J connectivity index is 2.01. The third-order valence-corrected chi connectivity index (χ3v) is 4.11. The first-order valence-electron chi connectivity index (χ1n) is 6.53.